The molecule has 0 aromatic heterocycles. The first-order valence-corrected chi connectivity index (χ1v) is 10.1. The highest BCUT2D eigenvalue weighted by atomic mass is 28.2. The van der Waals surface area contributed by atoms with E-state index in [1.165, 1.54) is 0 Å². The first-order chi connectivity index (χ1) is 12.1. The van der Waals surface area contributed by atoms with Crippen molar-refractivity contribution < 1.29 is 23.9 Å². The summed E-state index contributed by atoms with van der Waals surface area (Å²) in [7, 11) is 0.602. The molecule has 0 spiro atoms. The van der Waals surface area contributed by atoms with E-state index in [0.29, 0.717) is 6.42 Å². The molecule has 0 aliphatic heterocycles. The van der Waals surface area contributed by atoms with Crippen LogP contribution in [-0.4, -0.2) is 39.8 Å². The minimum absolute atomic E-state index is 0.0690. The van der Waals surface area contributed by atoms with E-state index in [2.05, 4.69) is 0 Å². The fraction of sp³-hybridized carbons (Fsp3) is 0.474. The largest absolute Gasteiger partial charge is 0.520 e. The smallest absolute Gasteiger partial charge is 0.292 e. The van der Waals surface area contributed by atoms with Gasteiger partial charge in [-0.2, -0.15) is 0 Å². The van der Waals surface area contributed by atoms with E-state index < -0.39 is 15.9 Å². The number of carbonyl (C=O) groups excluding carboxylic acids is 2. The van der Waals surface area contributed by atoms with Gasteiger partial charge in [0.15, 0.2) is 5.78 Å². The molecule has 0 amide bonds. The van der Waals surface area contributed by atoms with Crippen LogP contribution < -0.4 is 9.92 Å². The Bertz CT molecular complexity index is 609. The van der Waals surface area contributed by atoms with Gasteiger partial charge in [-0.15, -0.1) is 0 Å². The zero-order chi connectivity index (χ0) is 18.1. The van der Waals surface area contributed by atoms with Gasteiger partial charge in [0.2, 0.25) is 0 Å². The van der Waals surface area contributed by atoms with Crippen LogP contribution in [-0.2, 0) is 14.0 Å². The highest BCUT2D eigenvalue weighted by Gasteiger charge is 2.21. The zero-order valence-corrected chi connectivity index (χ0v) is 16.1. The molecule has 25 heavy (non-hydrogen) atoms. The van der Waals surface area contributed by atoms with E-state index in [0.717, 1.165) is 48.6 Å². The number of benzene rings is 1. The lowest BCUT2D eigenvalue weighted by Crippen LogP contribution is -2.20. The minimum Gasteiger partial charge on any atom is -0.520 e. The van der Waals surface area contributed by atoms with Gasteiger partial charge in [-0.3, -0.25) is 9.59 Å². The van der Waals surface area contributed by atoms with E-state index in [1.54, 1.807) is 13.2 Å². The van der Waals surface area contributed by atoms with Crippen LogP contribution in [0.25, 0.3) is 0 Å². The second kappa shape index (κ2) is 10.2. The summed E-state index contributed by atoms with van der Waals surface area (Å²) in [5, 5.41) is 10.5. The standard InChI is InChI=1S/C19H26O5Si/c1-23-16-8-10-17(11-9-16)25-24-19(22)7-5-3-2-4-6-14-12-15(20)13-18(14)21/h8-12,15,20H,2-7,13,25H2,1H3/t15-/m0/s1. The molecular weight excluding hydrogens is 336 g/mol. The number of hydrogen-bond acceptors (Lipinski definition) is 5. The summed E-state index contributed by atoms with van der Waals surface area (Å²) < 4.78 is 10.5. The van der Waals surface area contributed by atoms with E-state index in [9.17, 15) is 14.7 Å². The molecule has 1 atom stereocenters. The van der Waals surface area contributed by atoms with Crippen LogP contribution in [0.2, 0.25) is 0 Å². The molecule has 6 heteroatoms. The van der Waals surface area contributed by atoms with Crippen LogP contribution >= 0.6 is 0 Å². The summed E-state index contributed by atoms with van der Waals surface area (Å²) in [4.78, 5) is 23.3. The van der Waals surface area contributed by atoms with Gasteiger partial charge in [-0.05, 0) is 48.2 Å². The SMILES string of the molecule is COc1ccc([SiH2]OC(=O)CCCCCCC2=C[C@H](O)CC2=O)cc1. The van der Waals surface area contributed by atoms with E-state index >= 15 is 0 Å². The van der Waals surface area contributed by atoms with Gasteiger partial charge < -0.3 is 14.3 Å². The number of hydrogen-bond donors (Lipinski definition) is 1. The molecule has 1 aromatic carbocycles. The van der Waals surface area contributed by atoms with Crippen molar-refractivity contribution in [3.63, 3.8) is 0 Å². The van der Waals surface area contributed by atoms with Crippen LogP contribution in [0.1, 0.15) is 44.9 Å². The number of rotatable bonds is 10. The van der Waals surface area contributed by atoms with Crippen molar-refractivity contribution in [2.75, 3.05) is 7.11 Å². The topological polar surface area (TPSA) is 72.8 Å². The molecule has 1 aromatic rings. The summed E-state index contributed by atoms with van der Waals surface area (Å²) >= 11 is 0. The highest BCUT2D eigenvalue weighted by molar-refractivity contribution is 6.48. The quantitative estimate of drug-likeness (QED) is 0.505. The van der Waals surface area contributed by atoms with Crippen molar-refractivity contribution in [3.8, 4) is 5.75 Å². The summed E-state index contributed by atoms with van der Waals surface area (Å²) in [6.07, 6.45) is 6.14. The van der Waals surface area contributed by atoms with Gasteiger partial charge in [0.25, 0.3) is 15.7 Å². The average Bonchev–Trinajstić information content (AvgIpc) is 2.94. The number of ether oxygens (including phenoxy) is 1. The Morgan fingerprint density at radius 1 is 1.20 bits per heavy atom. The number of aliphatic hydroxyl groups excluding tert-OH is 1. The van der Waals surface area contributed by atoms with Gasteiger partial charge in [-0.1, -0.05) is 25.0 Å². The van der Waals surface area contributed by atoms with E-state index in [4.69, 9.17) is 9.16 Å². The second-order valence-electron chi connectivity index (χ2n) is 6.31. The number of ketones is 1. The molecular formula is C19H26O5Si. The van der Waals surface area contributed by atoms with Crippen molar-refractivity contribution >= 4 is 26.7 Å². The minimum atomic E-state index is -1.02. The molecule has 1 aliphatic carbocycles. The Morgan fingerprint density at radius 2 is 1.92 bits per heavy atom. The third kappa shape index (κ3) is 6.84. The molecule has 0 fully saturated rings. The van der Waals surface area contributed by atoms with Gasteiger partial charge in [0.05, 0.1) is 13.2 Å². The molecule has 2 rings (SSSR count). The maximum Gasteiger partial charge on any atom is 0.292 e. The van der Waals surface area contributed by atoms with Crippen LogP contribution in [0.3, 0.4) is 0 Å². The maximum atomic E-state index is 11.8. The van der Waals surface area contributed by atoms with Crippen molar-refractivity contribution in [1.29, 1.82) is 0 Å². The van der Waals surface area contributed by atoms with Crippen molar-refractivity contribution in [1.82, 2.24) is 0 Å². The molecule has 1 N–H and O–H groups in total. The van der Waals surface area contributed by atoms with Crippen LogP contribution in [0.15, 0.2) is 35.9 Å². The molecule has 0 saturated carbocycles. The fourth-order valence-corrected chi connectivity index (χ4v) is 3.72. The molecule has 0 radical (unpaired) electrons. The number of Topliss-reactive ketones (excluding diaryl/α,β-unsaturated/α-hetero) is 1. The summed E-state index contributed by atoms with van der Waals surface area (Å²) in [6.45, 7) is 0. The number of aliphatic hydroxyl groups is 1. The molecule has 0 unspecified atom stereocenters. The Hall–Kier alpha value is -1.92. The fourth-order valence-electron chi connectivity index (χ4n) is 2.82. The molecule has 136 valence electrons. The second-order valence-corrected chi connectivity index (χ2v) is 7.70. The predicted molar refractivity (Wildman–Crippen MR) is 98.7 cm³/mol. The average molecular weight is 362 g/mol. The third-order valence-corrected chi connectivity index (χ3v) is 5.55. The number of unbranched alkanes of at least 4 members (excludes halogenated alkanes) is 3. The van der Waals surface area contributed by atoms with E-state index in [-0.39, 0.29) is 18.2 Å². The normalized spacial score (nSPS) is 17.1. The molecule has 0 heterocycles. The Balaban J connectivity index is 1.52. The van der Waals surface area contributed by atoms with Crippen molar-refractivity contribution in [2.24, 2.45) is 0 Å². The van der Waals surface area contributed by atoms with Crippen molar-refractivity contribution in [3.05, 3.63) is 35.9 Å². The van der Waals surface area contributed by atoms with Gasteiger partial charge in [0.1, 0.15) is 5.75 Å². The van der Waals surface area contributed by atoms with Gasteiger partial charge in [-0.25, -0.2) is 0 Å². The highest BCUT2D eigenvalue weighted by Crippen LogP contribution is 2.20. The lowest BCUT2D eigenvalue weighted by Gasteiger charge is -2.06. The third-order valence-electron chi connectivity index (χ3n) is 4.28. The van der Waals surface area contributed by atoms with Crippen molar-refractivity contribution in [2.45, 2.75) is 51.0 Å². The molecule has 0 bridgehead atoms. The zero-order valence-electron chi connectivity index (χ0n) is 14.7. The van der Waals surface area contributed by atoms with Crippen LogP contribution in [0.4, 0.5) is 0 Å². The number of methoxy groups -OCH3 is 1. The summed E-state index contributed by atoms with van der Waals surface area (Å²) in [5.74, 6) is 0.743. The lowest BCUT2D eigenvalue weighted by atomic mass is 10.0. The molecule has 1 aliphatic rings. The van der Waals surface area contributed by atoms with Gasteiger partial charge in [0, 0.05) is 12.8 Å². The molecule has 5 nitrogen and oxygen atoms in total. The number of allylic oxidation sites excluding steroid dienone is 1. The van der Waals surface area contributed by atoms with E-state index in [1.807, 2.05) is 24.3 Å². The monoisotopic (exact) mass is 362 g/mol. The summed E-state index contributed by atoms with van der Waals surface area (Å²) in [5.41, 5.74) is 0.761. The maximum absolute atomic E-state index is 11.8. The lowest BCUT2D eigenvalue weighted by molar-refractivity contribution is -0.134. The first kappa shape index (κ1) is 19.4. The Labute approximate surface area is 151 Å². The first-order valence-electron chi connectivity index (χ1n) is 8.79. The molecule has 0 saturated heterocycles. The Kier molecular flexibility index (Phi) is 7.88. The Morgan fingerprint density at radius 3 is 2.56 bits per heavy atom. The number of carbonyl (C=O) groups is 2. The van der Waals surface area contributed by atoms with Crippen LogP contribution in [0, 0.1) is 0 Å². The predicted octanol–water partition coefficient (Wildman–Crippen LogP) is 1.55. The summed E-state index contributed by atoms with van der Waals surface area (Å²) in [6, 6.07) is 7.63. The van der Waals surface area contributed by atoms with Crippen LogP contribution in [0.5, 0.6) is 5.75 Å². The van der Waals surface area contributed by atoms with Gasteiger partial charge >= 0.3 is 0 Å².